The molecule has 106 valence electrons. The molecular formula is C17H18N4. The number of aromatic nitrogens is 2. The summed E-state index contributed by atoms with van der Waals surface area (Å²) in [6.07, 6.45) is 0. The van der Waals surface area contributed by atoms with Gasteiger partial charge in [-0.25, -0.2) is 0 Å². The Kier molecular flexibility index (Phi) is 3.09. The van der Waals surface area contributed by atoms with Crippen molar-refractivity contribution in [3.8, 4) is 11.3 Å². The van der Waals surface area contributed by atoms with E-state index in [9.17, 15) is 0 Å². The summed E-state index contributed by atoms with van der Waals surface area (Å²) in [5.41, 5.74) is 4.56. The van der Waals surface area contributed by atoms with Crippen molar-refractivity contribution in [1.29, 1.82) is 0 Å². The van der Waals surface area contributed by atoms with Gasteiger partial charge < -0.3 is 10.2 Å². The van der Waals surface area contributed by atoms with Gasteiger partial charge in [0.15, 0.2) is 0 Å². The molecular weight excluding hydrogens is 260 g/mol. The first-order valence-electron chi connectivity index (χ1n) is 7.41. The summed E-state index contributed by atoms with van der Waals surface area (Å²) < 4.78 is 0. The fourth-order valence-corrected chi connectivity index (χ4v) is 2.94. The van der Waals surface area contributed by atoms with E-state index in [1.165, 1.54) is 11.1 Å². The van der Waals surface area contributed by atoms with E-state index in [2.05, 4.69) is 62.9 Å². The molecule has 4 heteroatoms. The van der Waals surface area contributed by atoms with Crippen LogP contribution in [0.1, 0.15) is 0 Å². The number of aromatic amines is 1. The average Bonchev–Trinajstić information content (AvgIpc) is 3.00. The highest BCUT2D eigenvalue weighted by Crippen LogP contribution is 2.27. The molecule has 0 unspecified atom stereocenters. The second-order valence-electron chi connectivity index (χ2n) is 5.40. The first-order valence-corrected chi connectivity index (χ1v) is 7.41. The predicted octanol–water partition coefficient (Wildman–Crippen LogP) is 2.64. The molecule has 0 spiro atoms. The zero-order valence-electron chi connectivity index (χ0n) is 11.8. The Morgan fingerprint density at radius 2 is 1.67 bits per heavy atom. The van der Waals surface area contributed by atoms with Crippen LogP contribution in [0.3, 0.4) is 0 Å². The van der Waals surface area contributed by atoms with Crippen LogP contribution in [-0.4, -0.2) is 36.4 Å². The van der Waals surface area contributed by atoms with E-state index in [-0.39, 0.29) is 0 Å². The Labute approximate surface area is 123 Å². The fourth-order valence-electron chi connectivity index (χ4n) is 2.94. The van der Waals surface area contributed by atoms with Gasteiger partial charge in [-0.3, -0.25) is 5.10 Å². The first-order chi connectivity index (χ1) is 10.4. The molecule has 0 atom stereocenters. The summed E-state index contributed by atoms with van der Waals surface area (Å²) in [6, 6.07) is 17.0. The van der Waals surface area contributed by atoms with Crippen LogP contribution in [-0.2, 0) is 0 Å². The molecule has 0 amide bonds. The minimum absolute atomic E-state index is 1.03. The minimum atomic E-state index is 1.03. The molecule has 1 aliphatic rings. The van der Waals surface area contributed by atoms with E-state index in [0.29, 0.717) is 0 Å². The van der Waals surface area contributed by atoms with Gasteiger partial charge in [0.1, 0.15) is 0 Å². The molecule has 2 aromatic carbocycles. The van der Waals surface area contributed by atoms with Crippen LogP contribution in [0.5, 0.6) is 0 Å². The van der Waals surface area contributed by atoms with Gasteiger partial charge in [0, 0.05) is 42.8 Å². The maximum absolute atomic E-state index is 4.46. The number of nitrogens with zero attached hydrogens (tertiary/aromatic N) is 2. The summed E-state index contributed by atoms with van der Waals surface area (Å²) in [7, 11) is 0. The van der Waals surface area contributed by atoms with Gasteiger partial charge in [0.2, 0.25) is 0 Å². The maximum Gasteiger partial charge on any atom is 0.0999 e. The zero-order chi connectivity index (χ0) is 14.1. The van der Waals surface area contributed by atoms with Gasteiger partial charge in [0.05, 0.1) is 11.2 Å². The number of nitrogens with one attached hydrogen (secondary N) is 2. The monoisotopic (exact) mass is 278 g/mol. The van der Waals surface area contributed by atoms with Crippen LogP contribution in [0, 0.1) is 0 Å². The normalized spacial score (nSPS) is 15.5. The number of hydrogen-bond donors (Lipinski definition) is 2. The summed E-state index contributed by atoms with van der Waals surface area (Å²) >= 11 is 0. The highest BCUT2D eigenvalue weighted by atomic mass is 15.2. The third-order valence-corrected chi connectivity index (χ3v) is 4.09. The van der Waals surface area contributed by atoms with E-state index >= 15 is 0 Å². The molecule has 4 nitrogen and oxygen atoms in total. The Morgan fingerprint density at radius 1 is 0.905 bits per heavy atom. The van der Waals surface area contributed by atoms with Crippen molar-refractivity contribution in [2.45, 2.75) is 0 Å². The SMILES string of the molecule is c1ccc2c(-c3ccc(N4CCNCC4)cc3)n[nH]c2c1. The lowest BCUT2D eigenvalue weighted by molar-refractivity contribution is 0.589. The molecule has 21 heavy (non-hydrogen) atoms. The van der Waals surface area contributed by atoms with Gasteiger partial charge in [-0.05, 0) is 18.2 Å². The molecule has 3 aromatic rings. The molecule has 0 bridgehead atoms. The Hall–Kier alpha value is -2.33. The topological polar surface area (TPSA) is 44.0 Å². The minimum Gasteiger partial charge on any atom is -0.369 e. The first kappa shape index (κ1) is 12.4. The summed E-state index contributed by atoms with van der Waals surface area (Å²) in [4.78, 5) is 2.42. The number of piperazine rings is 1. The molecule has 1 fully saturated rings. The van der Waals surface area contributed by atoms with E-state index in [1.54, 1.807) is 0 Å². The highest BCUT2D eigenvalue weighted by Gasteiger charge is 2.11. The van der Waals surface area contributed by atoms with Crippen molar-refractivity contribution in [1.82, 2.24) is 15.5 Å². The van der Waals surface area contributed by atoms with Crippen LogP contribution < -0.4 is 10.2 Å². The molecule has 1 aliphatic heterocycles. The molecule has 0 radical (unpaired) electrons. The third kappa shape index (κ3) is 2.28. The molecule has 4 rings (SSSR count). The van der Waals surface area contributed by atoms with Gasteiger partial charge in [-0.15, -0.1) is 0 Å². The second kappa shape index (κ2) is 5.22. The number of para-hydroxylation sites is 1. The fraction of sp³-hybridized carbons (Fsp3) is 0.235. The molecule has 1 saturated heterocycles. The van der Waals surface area contributed by atoms with E-state index in [1.807, 2.05) is 6.07 Å². The molecule has 0 aliphatic carbocycles. The number of H-pyrrole nitrogens is 1. The van der Waals surface area contributed by atoms with Crippen molar-refractivity contribution in [3.63, 3.8) is 0 Å². The molecule has 0 saturated carbocycles. The van der Waals surface area contributed by atoms with Crippen LogP contribution in [0.25, 0.3) is 22.2 Å². The average molecular weight is 278 g/mol. The zero-order valence-corrected chi connectivity index (χ0v) is 11.8. The van der Waals surface area contributed by atoms with Crippen LogP contribution >= 0.6 is 0 Å². The van der Waals surface area contributed by atoms with E-state index in [4.69, 9.17) is 0 Å². The maximum atomic E-state index is 4.46. The van der Waals surface area contributed by atoms with Crippen molar-refractivity contribution in [3.05, 3.63) is 48.5 Å². The number of rotatable bonds is 2. The standard InChI is InChI=1S/C17H18N4/c1-2-4-16-15(3-1)17(20-19-16)13-5-7-14(8-6-13)21-11-9-18-10-12-21/h1-8,18H,9-12H2,(H,19,20). The second-order valence-corrected chi connectivity index (χ2v) is 5.40. The highest BCUT2D eigenvalue weighted by molar-refractivity contribution is 5.92. The number of hydrogen-bond acceptors (Lipinski definition) is 3. The van der Waals surface area contributed by atoms with Crippen molar-refractivity contribution >= 4 is 16.6 Å². The summed E-state index contributed by atoms with van der Waals surface area (Å²) in [5.74, 6) is 0. The summed E-state index contributed by atoms with van der Waals surface area (Å²) in [6.45, 7) is 4.27. The number of benzene rings is 2. The lowest BCUT2D eigenvalue weighted by Crippen LogP contribution is -2.43. The predicted molar refractivity (Wildman–Crippen MR) is 86.6 cm³/mol. The van der Waals surface area contributed by atoms with Gasteiger partial charge in [-0.1, -0.05) is 30.3 Å². The van der Waals surface area contributed by atoms with Gasteiger partial charge >= 0.3 is 0 Å². The summed E-state index contributed by atoms with van der Waals surface area (Å²) in [5, 5.41) is 12.1. The number of anilines is 1. The van der Waals surface area contributed by atoms with Crippen LogP contribution in [0.2, 0.25) is 0 Å². The van der Waals surface area contributed by atoms with Crippen molar-refractivity contribution in [2.24, 2.45) is 0 Å². The number of fused-ring (bicyclic) bond motifs is 1. The smallest absolute Gasteiger partial charge is 0.0999 e. The molecule has 2 N–H and O–H groups in total. The van der Waals surface area contributed by atoms with Crippen molar-refractivity contribution in [2.75, 3.05) is 31.1 Å². The third-order valence-electron chi connectivity index (χ3n) is 4.09. The molecule has 2 heterocycles. The quantitative estimate of drug-likeness (QED) is 0.757. The van der Waals surface area contributed by atoms with Crippen molar-refractivity contribution < 1.29 is 0 Å². The van der Waals surface area contributed by atoms with Gasteiger partial charge in [-0.2, -0.15) is 5.10 Å². The largest absolute Gasteiger partial charge is 0.369 e. The van der Waals surface area contributed by atoms with Gasteiger partial charge in [0.25, 0.3) is 0 Å². The van der Waals surface area contributed by atoms with Crippen LogP contribution in [0.4, 0.5) is 5.69 Å². The van der Waals surface area contributed by atoms with Crippen LogP contribution in [0.15, 0.2) is 48.5 Å². The lowest BCUT2D eigenvalue weighted by Gasteiger charge is -2.29. The Balaban J connectivity index is 1.67. The molecule has 1 aromatic heterocycles. The Bertz CT molecular complexity index is 739. The Morgan fingerprint density at radius 3 is 2.48 bits per heavy atom. The van der Waals surface area contributed by atoms with E-state index < -0.39 is 0 Å². The lowest BCUT2D eigenvalue weighted by atomic mass is 10.1. The van der Waals surface area contributed by atoms with E-state index in [0.717, 1.165) is 43.0 Å².